The second-order valence-corrected chi connectivity index (χ2v) is 9.62. The molecule has 4 nitrogen and oxygen atoms in total. The fraction of sp³-hybridized carbons (Fsp3) is 0.389. The van der Waals surface area contributed by atoms with E-state index < -0.39 is 0 Å². The number of aryl methyl sites for hydroxylation is 3. The minimum absolute atomic E-state index is 0.0506. The summed E-state index contributed by atoms with van der Waals surface area (Å²) in [5, 5.41) is 7.01. The van der Waals surface area contributed by atoms with Crippen molar-refractivity contribution in [1.29, 1.82) is 0 Å². The van der Waals surface area contributed by atoms with Gasteiger partial charge < -0.3 is 5.32 Å². The molecule has 0 unspecified atom stereocenters. The van der Waals surface area contributed by atoms with E-state index in [1.165, 1.54) is 27.1 Å². The monoisotopic (exact) mass is 389 g/mol. The van der Waals surface area contributed by atoms with Gasteiger partial charge in [-0.3, -0.25) is 4.79 Å². The highest BCUT2D eigenvalue weighted by Gasteiger charge is 2.24. The van der Waals surface area contributed by atoms with Crippen LogP contribution in [0.25, 0.3) is 10.2 Å². The maximum absolute atomic E-state index is 12.5. The Morgan fingerprint density at radius 2 is 2.28 bits per heavy atom. The predicted molar refractivity (Wildman–Crippen MR) is 106 cm³/mol. The fourth-order valence-corrected chi connectivity index (χ4v) is 6.17. The van der Waals surface area contributed by atoms with Gasteiger partial charge in [0, 0.05) is 15.1 Å². The number of hydrogen-bond donors (Lipinski definition) is 1. The lowest BCUT2D eigenvalue weighted by Crippen LogP contribution is -2.30. The lowest BCUT2D eigenvalue weighted by molar-refractivity contribution is -0.120. The first kappa shape index (κ1) is 17.0. The SMILES string of the molecule is Cc1nc(S[C@@H](C)C(=O)NCc2cccs2)c2c3c(sc2n1)CCC3. The van der Waals surface area contributed by atoms with E-state index >= 15 is 0 Å². The number of hydrogen-bond acceptors (Lipinski definition) is 6. The summed E-state index contributed by atoms with van der Waals surface area (Å²) in [6.07, 6.45) is 3.47. The van der Waals surface area contributed by atoms with Gasteiger partial charge in [0.1, 0.15) is 15.7 Å². The molecule has 0 fully saturated rings. The Balaban J connectivity index is 1.54. The van der Waals surface area contributed by atoms with E-state index in [2.05, 4.69) is 15.3 Å². The molecule has 0 bridgehead atoms. The normalized spacial score (nSPS) is 14.6. The predicted octanol–water partition coefficient (Wildman–Crippen LogP) is 4.35. The summed E-state index contributed by atoms with van der Waals surface area (Å²) in [5.41, 5.74) is 1.41. The van der Waals surface area contributed by atoms with Gasteiger partial charge in [0.05, 0.1) is 11.8 Å². The average Bonchev–Trinajstić information content (AvgIpc) is 3.28. The molecule has 0 saturated carbocycles. The van der Waals surface area contributed by atoms with Gasteiger partial charge in [0.15, 0.2) is 0 Å². The summed E-state index contributed by atoms with van der Waals surface area (Å²) in [6.45, 7) is 4.47. The Kier molecular flexibility index (Phi) is 4.80. The van der Waals surface area contributed by atoms with Crippen LogP contribution in [0.1, 0.15) is 34.5 Å². The molecule has 25 heavy (non-hydrogen) atoms. The first-order valence-corrected chi connectivity index (χ1v) is 10.9. The van der Waals surface area contributed by atoms with E-state index in [4.69, 9.17) is 0 Å². The molecular weight excluding hydrogens is 370 g/mol. The van der Waals surface area contributed by atoms with Crippen molar-refractivity contribution in [2.45, 2.75) is 49.9 Å². The standard InChI is InChI=1S/C18H19N3OS3/c1-10(16(22)19-9-12-5-4-8-23-12)24-17-15-13-6-3-7-14(13)25-18(15)21-11(2)20-17/h4-5,8,10H,3,6-7,9H2,1-2H3,(H,19,22)/t10-/m0/s1. The van der Waals surface area contributed by atoms with Gasteiger partial charge in [-0.05, 0) is 50.1 Å². The highest BCUT2D eigenvalue weighted by atomic mass is 32.2. The van der Waals surface area contributed by atoms with Gasteiger partial charge in [-0.2, -0.15) is 0 Å². The maximum atomic E-state index is 12.5. The molecule has 1 amide bonds. The summed E-state index contributed by atoms with van der Waals surface area (Å²) < 4.78 is 0. The number of fused-ring (bicyclic) bond motifs is 3. The number of nitrogens with one attached hydrogen (secondary N) is 1. The number of nitrogens with zero attached hydrogens (tertiary/aromatic N) is 2. The van der Waals surface area contributed by atoms with Crippen molar-refractivity contribution in [3.63, 3.8) is 0 Å². The van der Waals surface area contributed by atoms with Crippen LogP contribution in [0.15, 0.2) is 22.5 Å². The molecule has 3 heterocycles. The zero-order valence-electron chi connectivity index (χ0n) is 14.2. The third kappa shape index (κ3) is 3.45. The van der Waals surface area contributed by atoms with Crippen LogP contribution in [0, 0.1) is 6.92 Å². The Bertz CT molecular complexity index is 917. The van der Waals surface area contributed by atoms with E-state index in [-0.39, 0.29) is 11.2 Å². The van der Waals surface area contributed by atoms with Crippen molar-refractivity contribution in [3.8, 4) is 0 Å². The van der Waals surface area contributed by atoms with Crippen LogP contribution in [-0.4, -0.2) is 21.1 Å². The molecule has 0 spiro atoms. The van der Waals surface area contributed by atoms with Crippen LogP contribution in [0.4, 0.5) is 0 Å². The molecule has 3 aromatic rings. The molecule has 0 radical (unpaired) electrons. The van der Waals surface area contributed by atoms with Crippen LogP contribution < -0.4 is 5.32 Å². The molecule has 0 saturated heterocycles. The van der Waals surface area contributed by atoms with Crippen LogP contribution in [0.3, 0.4) is 0 Å². The Labute approximate surface area is 159 Å². The zero-order valence-corrected chi connectivity index (χ0v) is 16.6. The molecule has 4 rings (SSSR count). The molecule has 1 aliphatic rings. The number of carbonyl (C=O) groups is 1. The highest BCUT2D eigenvalue weighted by molar-refractivity contribution is 8.00. The molecular formula is C18H19N3OS3. The van der Waals surface area contributed by atoms with E-state index in [1.54, 1.807) is 34.4 Å². The van der Waals surface area contributed by atoms with Crippen molar-refractivity contribution in [3.05, 3.63) is 38.7 Å². The average molecular weight is 390 g/mol. The van der Waals surface area contributed by atoms with Gasteiger partial charge >= 0.3 is 0 Å². The fourth-order valence-electron chi connectivity index (χ4n) is 3.10. The zero-order chi connectivity index (χ0) is 17.4. The molecule has 1 atom stereocenters. The second-order valence-electron chi connectivity index (χ2n) is 6.17. The number of amides is 1. The Hall–Kier alpha value is -1.44. The first-order chi connectivity index (χ1) is 12.1. The largest absolute Gasteiger partial charge is 0.350 e. The van der Waals surface area contributed by atoms with Crippen molar-refractivity contribution < 1.29 is 4.79 Å². The number of thioether (sulfide) groups is 1. The summed E-state index contributed by atoms with van der Waals surface area (Å²) in [6, 6.07) is 4.04. The topological polar surface area (TPSA) is 54.9 Å². The minimum Gasteiger partial charge on any atom is -0.350 e. The first-order valence-electron chi connectivity index (χ1n) is 8.37. The quantitative estimate of drug-likeness (QED) is 0.521. The van der Waals surface area contributed by atoms with Crippen molar-refractivity contribution in [2.24, 2.45) is 0 Å². The van der Waals surface area contributed by atoms with Gasteiger partial charge in [-0.1, -0.05) is 17.8 Å². The molecule has 3 aromatic heterocycles. The van der Waals surface area contributed by atoms with E-state index in [1.807, 2.05) is 31.4 Å². The molecule has 0 aliphatic heterocycles. The lowest BCUT2D eigenvalue weighted by Gasteiger charge is -2.12. The number of carbonyl (C=O) groups excluding carboxylic acids is 1. The molecule has 1 aliphatic carbocycles. The number of thiophene rings is 2. The molecule has 130 valence electrons. The molecule has 7 heteroatoms. The van der Waals surface area contributed by atoms with E-state index in [0.29, 0.717) is 6.54 Å². The van der Waals surface area contributed by atoms with Crippen molar-refractivity contribution in [1.82, 2.24) is 15.3 Å². The Morgan fingerprint density at radius 3 is 3.08 bits per heavy atom. The molecule has 0 aromatic carbocycles. The third-order valence-corrected chi connectivity index (χ3v) is 7.47. The summed E-state index contributed by atoms with van der Waals surface area (Å²) >= 11 is 5.00. The van der Waals surface area contributed by atoms with E-state index in [9.17, 15) is 4.79 Å². The molecule has 1 N–H and O–H groups in total. The van der Waals surface area contributed by atoms with Crippen LogP contribution in [0.5, 0.6) is 0 Å². The summed E-state index contributed by atoms with van der Waals surface area (Å²) in [4.78, 5) is 25.4. The lowest BCUT2D eigenvalue weighted by atomic mass is 10.2. The summed E-state index contributed by atoms with van der Waals surface area (Å²) in [7, 11) is 0. The third-order valence-electron chi connectivity index (χ3n) is 4.32. The maximum Gasteiger partial charge on any atom is 0.233 e. The number of aromatic nitrogens is 2. The van der Waals surface area contributed by atoms with Gasteiger partial charge in [0.25, 0.3) is 0 Å². The highest BCUT2D eigenvalue weighted by Crippen LogP contribution is 2.41. The van der Waals surface area contributed by atoms with Crippen LogP contribution in [-0.2, 0) is 24.2 Å². The van der Waals surface area contributed by atoms with Gasteiger partial charge in [0.2, 0.25) is 5.91 Å². The Morgan fingerprint density at radius 1 is 1.40 bits per heavy atom. The van der Waals surface area contributed by atoms with E-state index in [0.717, 1.165) is 28.5 Å². The van der Waals surface area contributed by atoms with Gasteiger partial charge in [-0.25, -0.2) is 9.97 Å². The minimum atomic E-state index is -0.186. The van der Waals surface area contributed by atoms with Crippen molar-refractivity contribution in [2.75, 3.05) is 0 Å². The second kappa shape index (κ2) is 7.05. The van der Waals surface area contributed by atoms with Crippen LogP contribution >= 0.6 is 34.4 Å². The van der Waals surface area contributed by atoms with Crippen molar-refractivity contribution >= 4 is 50.6 Å². The van der Waals surface area contributed by atoms with Gasteiger partial charge in [-0.15, -0.1) is 22.7 Å². The summed E-state index contributed by atoms with van der Waals surface area (Å²) in [5.74, 6) is 0.829. The van der Waals surface area contributed by atoms with Crippen LogP contribution in [0.2, 0.25) is 0 Å². The number of rotatable bonds is 5. The smallest absolute Gasteiger partial charge is 0.233 e.